The monoisotopic (exact) mass is 112 g/mol. The summed E-state index contributed by atoms with van der Waals surface area (Å²) in [6.45, 7) is 7.71. The lowest BCUT2D eigenvalue weighted by molar-refractivity contribution is 0.763. The van der Waals surface area contributed by atoms with E-state index >= 15 is 0 Å². The first-order chi connectivity index (χ1) is 3.68. The summed E-state index contributed by atoms with van der Waals surface area (Å²) < 4.78 is 0. The maximum absolute atomic E-state index is 5.01. The van der Waals surface area contributed by atoms with Crippen molar-refractivity contribution in [3.8, 4) is 0 Å². The summed E-state index contributed by atoms with van der Waals surface area (Å²) in [4.78, 5) is 3.78. The molecule has 0 aromatic rings. The molecule has 0 amide bonds. The number of hydrogen-bond acceptors (Lipinski definition) is 1. The Hall–Kier alpha value is -0.790. The molecule has 0 saturated heterocycles. The fraction of sp³-hybridized carbons (Fsp3) is 0.500. The fourth-order valence-corrected chi connectivity index (χ4v) is 0.245. The molecule has 0 rings (SSSR count). The van der Waals surface area contributed by atoms with E-state index in [9.17, 15) is 0 Å². The Morgan fingerprint density at radius 1 is 1.75 bits per heavy atom. The number of nitrogens with two attached hydrogens (primary N) is 1. The largest absolute Gasteiger partial charge is 0.390 e. The first kappa shape index (κ1) is 7.21. The van der Waals surface area contributed by atoms with E-state index in [4.69, 9.17) is 5.73 Å². The molecule has 2 N–H and O–H groups in total. The number of hydrogen-bond donors (Lipinski definition) is 1. The molecule has 0 aliphatic rings. The zero-order valence-electron chi connectivity index (χ0n) is 5.39. The van der Waals surface area contributed by atoms with Crippen molar-refractivity contribution in [1.29, 1.82) is 0 Å². The van der Waals surface area contributed by atoms with Gasteiger partial charge in [-0.1, -0.05) is 20.4 Å². The Bertz CT molecular complexity index is 103. The molecule has 2 heteroatoms. The predicted molar refractivity (Wildman–Crippen MR) is 36.7 cm³/mol. The molecule has 2 nitrogen and oxygen atoms in total. The molecule has 0 aromatic heterocycles. The minimum atomic E-state index is 0.398. The molecule has 0 aliphatic heterocycles. The van der Waals surface area contributed by atoms with Crippen LogP contribution in [-0.4, -0.2) is 6.34 Å². The van der Waals surface area contributed by atoms with Crippen LogP contribution in [0.3, 0.4) is 0 Å². The van der Waals surface area contributed by atoms with Crippen LogP contribution in [-0.2, 0) is 0 Å². The maximum Gasteiger partial charge on any atom is 0.0856 e. The van der Waals surface area contributed by atoms with Gasteiger partial charge in [-0.15, -0.1) is 0 Å². The van der Waals surface area contributed by atoms with Gasteiger partial charge in [0.05, 0.1) is 6.34 Å². The molecular formula is C6H12N2. The van der Waals surface area contributed by atoms with Gasteiger partial charge in [-0.25, -0.2) is 4.99 Å². The Balaban J connectivity index is 3.66. The Morgan fingerprint density at radius 3 is 2.38 bits per heavy atom. The van der Waals surface area contributed by atoms with E-state index in [0.29, 0.717) is 5.92 Å². The van der Waals surface area contributed by atoms with Gasteiger partial charge in [-0.3, -0.25) is 0 Å². The van der Waals surface area contributed by atoms with Crippen molar-refractivity contribution in [3.05, 3.63) is 12.3 Å². The standard InChI is InChI=1S/C6H12N2/c1-5(2)6(3)8-4-7/h4-5H,3H2,1-2H3,(H2,7,8). The molecule has 0 saturated carbocycles. The highest BCUT2D eigenvalue weighted by Gasteiger charge is 1.93. The fourth-order valence-electron chi connectivity index (χ4n) is 0.245. The van der Waals surface area contributed by atoms with Crippen molar-refractivity contribution in [2.75, 3.05) is 0 Å². The SMILES string of the molecule is C=C(N=CN)C(C)C. The van der Waals surface area contributed by atoms with E-state index < -0.39 is 0 Å². The average molecular weight is 112 g/mol. The summed E-state index contributed by atoms with van der Waals surface area (Å²) in [5, 5.41) is 0. The molecular weight excluding hydrogens is 100 g/mol. The highest BCUT2D eigenvalue weighted by atomic mass is 14.8. The first-order valence-corrected chi connectivity index (χ1v) is 2.61. The van der Waals surface area contributed by atoms with E-state index in [1.807, 2.05) is 13.8 Å². The molecule has 0 unspecified atom stereocenters. The molecule has 0 radical (unpaired) electrons. The van der Waals surface area contributed by atoms with Gasteiger partial charge in [0.25, 0.3) is 0 Å². The number of rotatable bonds is 2. The van der Waals surface area contributed by atoms with Gasteiger partial charge < -0.3 is 5.73 Å². The van der Waals surface area contributed by atoms with Crippen LogP contribution in [0.15, 0.2) is 17.3 Å². The van der Waals surface area contributed by atoms with Crippen molar-refractivity contribution in [3.63, 3.8) is 0 Å². The molecule has 0 atom stereocenters. The lowest BCUT2D eigenvalue weighted by atomic mass is 10.2. The normalized spacial score (nSPS) is 10.9. The second-order valence-corrected chi connectivity index (χ2v) is 1.92. The molecule has 0 aliphatic carbocycles. The van der Waals surface area contributed by atoms with E-state index in [0.717, 1.165) is 5.70 Å². The van der Waals surface area contributed by atoms with Crippen LogP contribution in [0.25, 0.3) is 0 Å². The van der Waals surface area contributed by atoms with Crippen LogP contribution in [0.1, 0.15) is 13.8 Å². The third-order valence-corrected chi connectivity index (χ3v) is 0.907. The highest BCUT2D eigenvalue weighted by molar-refractivity contribution is 5.53. The summed E-state index contributed by atoms with van der Waals surface area (Å²) in [6, 6.07) is 0. The average Bonchev–Trinajstić information content (AvgIpc) is 1.67. The van der Waals surface area contributed by atoms with Crippen molar-refractivity contribution in [2.24, 2.45) is 16.6 Å². The van der Waals surface area contributed by atoms with Gasteiger partial charge >= 0.3 is 0 Å². The minimum absolute atomic E-state index is 0.398. The van der Waals surface area contributed by atoms with E-state index in [-0.39, 0.29) is 0 Å². The zero-order valence-corrected chi connectivity index (χ0v) is 5.39. The summed E-state index contributed by atoms with van der Waals surface area (Å²) >= 11 is 0. The second-order valence-electron chi connectivity index (χ2n) is 1.92. The van der Waals surface area contributed by atoms with Gasteiger partial charge in [0.1, 0.15) is 0 Å². The van der Waals surface area contributed by atoms with Crippen molar-refractivity contribution in [1.82, 2.24) is 0 Å². The molecule has 0 fully saturated rings. The Labute approximate surface area is 50.1 Å². The quantitative estimate of drug-likeness (QED) is 0.422. The van der Waals surface area contributed by atoms with Crippen molar-refractivity contribution < 1.29 is 0 Å². The van der Waals surface area contributed by atoms with Gasteiger partial charge in [0.15, 0.2) is 0 Å². The third-order valence-electron chi connectivity index (χ3n) is 0.907. The summed E-state index contributed by atoms with van der Waals surface area (Å²) in [5.41, 5.74) is 5.84. The van der Waals surface area contributed by atoms with Crippen LogP contribution in [0.4, 0.5) is 0 Å². The van der Waals surface area contributed by atoms with Gasteiger partial charge in [0.2, 0.25) is 0 Å². The van der Waals surface area contributed by atoms with Gasteiger partial charge in [-0.2, -0.15) is 0 Å². The summed E-state index contributed by atoms with van der Waals surface area (Å²) in [7, 11) is 0. The van der Waals surface area contributed by atoms with Crippen molar-refractivity contribution in [2.45, 2.75) is 13.8 Å². The third kappa shape index (κ3) is 2.39. The first-order valence-electron chi connectivity index (χ1n) is 2.61. The van der Waals surface area contributed by atoms with E-state index in [2.05, 4.69) is 11.6 Å². The van der Waals surface area contributed by atoms with Crippen LogP contribution in [0, 0.1) is 5.92 Å². The van der Waals surface area contributed by atoms with Crippen molar-refractivity contribution >= 4 is 6.34 Å². The smallest absolute Gasteiger partial charge is 0.0856 e. The Kier molecular flexibility index (Phi) is 2.92. The zero-order chi connectivity index (χ0) is 6.57. The Morgan fingerprint density at radius 2 is 2.25 bits per heavy atom. The number of aliphatic imine (C=N–C) groups is 1. The molecule has 0 aromatic carbocycles. The topological polar surface area (TPSA) is 38.4 Å². The van der Waals surface area contributed by atoms with Gasteiger partial charge in [-0.05, 0) is 5.92 Å². The lowest BCUT2D eigenvalue weighted by Gasteiger charge is -1.99. The molecule has 0 bridgehead atoms. The summed E-state index contributed by atoms with van der Waals surface area (Å²) in [5.74, 6) is 0.398. The van der Waals surface area contributed by atoms with Crippen LogP contribution < -0.4 is 5.73 Å². The second kappa shape index (κ2) is 3.24. The molecule has 46 valence electrons. The van der Waals surface area contributed by atoms with Gasteiger partial charge in [0, 0.05) is 5.70 Å². The summed E-state index contributed by atoms with van der Waals surface area (Å²) in [6.07, 6.45) is 1.27. The molecule has 0 heterocycles. The van der Waals surface area contributed by atoms with E-state index in [1.165, 1.54) is 6.34 Å². The molecule has 0 spiro atoms. The predicted octanol–water partition coefficient (Wildman–Crippen LogP) is 1.14. The number of allylic oxidation sites excluding steroid dienone is 1. The van der Waals surface area contributed by atoms with Crippen LogP contribution in [0.2, 0.25) is 0 Å². The lowest BCUT2D eigenvalue weighted by Crippen LogP contribution is -1.93. The highest BCUT2D eigenvalue weighted by Crippen LogP contribution is 2.05. The van der Waals surface area contributed by atoms with Crippen LogP contribution >= 0.6 is 0 Å². The van der Waals surface area contributed by atoms with Crippen LogP contribution in [0.5, 0.6) is 0 Å². The maximum atomic E-state index is 5.01. The number of nitrogens with zero attached hydrogens (tertiary/aromatic N) is 1. The minimum Gasteiger partial charge on any atom is -0.390 e. The molecule has 8 heavy (non-hydrogen) atoms. The van der Waals surface area contributed by atoms with E-state index in [1.54, 1.807) is 0 Å².